The Morgan fingerprint density at radius 2 is 2.38 bits per heavy atom. The van der Waals surface area contributed by atoms with Crippen LogP contribution in [0.25, 0.3) is 11.4 Å². The maximum absolute atomic E-state index is 5.69. The first-order chi connectivity index (χ1) is 6.20. The van der Waals surface area contributed by atoms with E-state index in [-0.39, 0.29) is 0 Å². The van der Waals surface area contributed by atoms with Gasteiger partial charge in [0.2, 0.25) is 4.77 Å². The van der Waals surface area contributed by atoms with Crippen molar-refractivity contribution >= 4 is 23.6 Å². The first kappa shape index (κ1) is 8.46. The van der Waals surface area contributed by atoms with Crippen molar-refractivity contribution in [3.05, 3.63) is 21.1 Å². The van der Waals surface area contributed by atoms with E-state index in [0.29, 0.717) is 10.6 Å². The molecule has 0 aliphatic rings. The number of aromatic nitrogens is 3. The molecule has 0 aliphatic carbocycles. The largest absolute Gasteiger partial charge is 0.335 e. The van der Waals surface area contributed by atoms with Crippen LogP contribution in [-0.2, 0) is 0 Å². The van der Waals surface area contributed by atoms with Crippen molar-refractivity contribution in [1.82, 2.24) is 14.9 Å². The molecule has 0 fully saturated rings. The third kappa shape index (κ3) is 1.27. The summed E-state index contributed by atoms with van der Waals surface area (Å²) in [4.78, 5) is 0. The van der Waals surface area contributed by atoms with Crippen molar-refractivity contribution in [2.75, 3.05) is 5.84 Å². The number of hydrogen-bond acceptors (Lipinski definition) is 4. The molecule has 0 amide bonds. The fourth-order valence-electron chi connectivity index (χ4n) is 1.08. The number of aryl methyl sites for hydroxylation is 1. The zero-order valence-corrected chi connectivity index (χ0v) is 8.58. The lowest BCUT2D eigenvalue weighted by Gasteiger charge is -1.97. The minimum atomic E-state index is 0.431. The van der Waals surface area contributed by atoms with Crippen LogP contribution in [0.1, 0.15) is 5.56 Å². The Morgan fingerprint density at radius 1 is 1.62 bits per heavy atom. The minimum absolute atomic E-state index is 0.431. The van der Waals surface area contributed by atoms with Crippen molar-refractivity contribution in [2.24, 2.45) is 0 Å². The molecule has 0 bridgehead atoms. The third-order valence-corrected chi connectivity index (χ3v) is 2.95. The Balaban J connectivity index is 2.65. The molecule has 13 heavy (non-hydrogen) atoms. The van der Waals surface area contributed by atoms with Crippen molar-refractivity contribution in [3.8, 4) is 11.4 Å². The molecule has 0 saturated heterocycles. The number of aromatic amines is 1. The number of nitrogens with two attached hydrogens (primary N) is 1. The first-order valence-electron chi connectivity index (χ1n) is 3.66. The summed E-state index contributed by atoms with van der Waals surface area (Å²) >= 11 is 6.54. The minimum Gasteiger partial charge on any atom is -0.335 e. The van der Waals surface area contributed by atoms with Crippen LogP contribution in [0.2, 0.25) is 0 Å². The van der Waals surface area contributed by atoms with Gasteiger partial charge in [-0.1, -0.05) is 0 Å². The summed E-state index contributed by atoms with van der Waals surface area (Å²) in [7, 11) is 0. The predicted molar refractivity (Wildman–Crippen MR) is 55.6 cm³/mol. The molecule has 2 aromatic rings. The van der Waals surface area contributed by atoms with Crippen LogP contribution in [0.5, 0.6) is 0 Å². The van der Waals surface area contributed by atoms with Gasteiger partial charge in [-0.25, -0.2) is 9.77 Å². The van der Waals surface area contributed by atoms with Crippen molar-refractivity contribution < 1.29 is 0 Å². The number of thiophene rings is 1. The van der Waals surface area contributed by atoms with E-state index in [0.717, 1.165) is 11.1 Å². The summed E-state index contributed by atoms with van der Waals surface area (Å²) in [6.07, 6.45) is 0. The van der Waals surface area contributed by atoms with Crippen LogP contribution in [0, 0.1) is 11.7 Å². The summed E-state index contributed by atoms with van der Waals surface area (Å²) in [5.41, 5.74) is 2.19. The molecule has 2 aromatic heterocycles. The summed E-state index contributed by atoms with van der Waals surface area (Å²) in [6, 6.07) is 0. The van der Waals surface area contributed by atoms with Crippen LogP contribution in [0.15, 0.2) is 10.8 Å². The molecule has 0 saturated carbocycles. The number of nitrogens with one attached hydrogen (secondary N) is 1. The topological polar surface area (TPSA) is 59.6 Å². The molecule has 0 aliphatic heterocycles. The maximum Gasteiger partial charge on any atom is 0.214 e. The Hall–Kier alpha value is -1.14. The quantitative estimate of drug-likeness (QED) is 0.558. The fraction of sp³-hybridized carbons (Fsp3) is 0.143. The lowest BCUT2D eigenvalue weighted by atomic mass is 10.2. The zero-order valence-electron chi connectivity index (χ0n) is 6.94. The average molecular weight is 212 g/mol. The van der Waals surface area contributed by atoms with Gasteiger partial charge in [0.25, 0.3) is 0 Å². The van der Waals surface area contributed by atoms with E-state index in [4.69, 9.17) is 18.1 Å². The van der Waals surface area contributed by atoms with Gasteiger partial charge in [-0.05, 0) is 30.1 Å². The van der Waals surface area contributed by atoms with Gasteiger partial charge in [-0.15, -0.1) is 0 Å². The summed E-state index contributed by atoms with van der Waals surface area (Å²) < 4.78 is 1.81. The summed E-state index contributed by atoms with van der Waals surface area (Å²) in [6.45, 7) is 2.02. The molecule has 4 nitrogen and oxygen atoms in total. The molecule has 2 rings (SSSR count). The monoisotopic (exact) mass is 212 g/mol. The van der Waals surface area contributed by atoms with Crippen LogP contribution in [0.3, 0.4) is 0 Å². The Morgan fingerprint density at radius 3 is 2.85 bits per heavy atom. The Bertz CT molecular complexity index is 479. The molecule has 0 radical (unpaired) electrons. The molecular formula is C7H8N4S2. The van der Waals surface area contributed by atoms with Gasteiger partial charge in [0.05, 0.1) is 0 Å². The SMILES string of the molecule is Cc1cscc1-c1n[nH]c(=S)n1N. The number of nitrogens with zero attached hydrogens (tertiary/aromatic N) is 2. The molecular weight excluding hydrogens is 204 g/mol. The summed E-state index contributed by atoms with van der Waals surface area (Å²) in [5.74, 6) is 6.37. The van der Waals surface area contributed by atoms with Gasteiger partial charge in [0.1, 0.15) is 0 Å². The van der Waals surface area contributed by atoms with Gasteiger partial charge in [0.15, 0.2) is 5.82 Å². The van der Waals surface area contributed by atoms with Gasteiger partial charge in [-0.3, -0.25) is 0 Å². The zero-order chi connectivity index (χ0) is 9.42. The van der Waals surface area contributed by atoms with Crippen LogP contribution < -0.4 is 5.84 Å². The second kappa shape index (κ2) is 2.97. The van der Waals surface area contributed by atoms with E-state index < -0.39 is 0 Å². The maximum atomic E-state index is 5.69. The van der Waals surface area contributed by atoms with Crippen molar-refractivity contribution in [2.45, 2.75) is 6.92 Å². The molecule has 0 unspecified atom stereocenters. The molecule has 3 N–H and O–H groups in total. The van der Waals surface area contributed by atoms with Crippen LogP contribution in [0.4, 0.5) is 0 Å². The molecule has 2 heterocycles. The smallest absolute Gasteiger partial charge is 0.214 e. The van der Waals surface area contributed by atoms with Crippen LogP contribution in [-0.4, -0.2) is 14.9 Å². The van der Waals surface area contributed by atoms with E-state index >= 15 is 0 Å². The lowest BCUT2D eigenvalue weighted by molar-refractivity contribution is 0.984. The standard InChI is InChI=1S/C7H8N4S2/c1-4-2-13-3-5(4)6-9-10-7(12)11(6)8/h2-3H,8H2,1H3,(H,10,12). The van der Waals surface area contributed by atoms with Gasteiger partial charge < -0.3 is 5.84 Å². The highest BCUT2D eigenvalue weighted by atomic mass is 32.1. The van der Waals surface area contributed by atoms with Crippen molar-refractivity contribution in [3.63, 3.8) is 0 Å². The highest BCUT2D eigenvalue weighted by molar-refractivity contribution is 7.71. The van der Waals surface area contributed by atoms with Gasteiger partial charge in [-0.2, -0.15) is 16.4 Å². The predicted octanol–water partition coefficient (Wildman–Crippen LogP) is 1.69. The van der Waals surface area contributed by atoms with E-state index in [1.54, 1.807) is 11.3 Å². The summed E-state index contributed by atoms with van der Waals surface area (Å²) in [5, 5.41) is 10.7. The second-order valence-electron chi connectivity index (χ2n) is 2.69. The van der Waals surface area contributed by atoms with E-state index in [1.807, 2.05) is 17.7 Å². The molecule has 6 heteroatoms. The number of hydrogen-bond donors (Lipinski definition) is 2. The van der Waals surface area contributed by atoms with Crippen LogP contribution >= 0.6 is 23.6 Å². The number of H-pyrrole nitrogens is 1. The second-order valence-corrected chi connectivity index (χ2v) is 3.82. The highest BCUT2D eigenvalue weighted by Gasteiger charge is 2.09. The first-order valence-corrected chi connectivity index (χ1v) is 5.01. The van der Waals surface area contributed by atoms with Gasteiger partial charge in [0, 0.05) is 10.9 Å². The van der Waals surface area contributed by atoms with E-state index in [1.165, 1.54) is 4.68 Å². The Kier molecular flexibility index (Phi) is 1.93. The number of nitrogen functional groups attached to an aromatic ring is 1. The molecule has 0 spiro atoms. The van der Waals surface area contributed by atoms with E-state index in [2.05, 4.69) is 10.2 Å². The lowest BCUT2D eigenvalue weighted by Crippen LogP contribution is -2.09. The Labute approximate surface area is 84.0 Å². The normalized spacial score (nSPS) is 10.5. The highest BCUT2D eigenvalue weighted by Crippen LogP contribution is 2.23. The molecule has 68 valence electrons. The van der Waals surface area contributed by atoms with Crippen molar-refractivity contribution in [1.29, 1.82) is 0 Å². The molecule has 0 aromatic carbocycles. The third-order valence-electron chi connectivity index (χ3n) is 1.80. The van der Waals surface area contributed by atoms with Gasteiger partial charge >= 0.3 is 0 Å². The molecule has 0 atom stereocenters. The average Bonchev–Trinajstić information content (AvgIpc) is 2.62. The van der Waals surface area contributed by atoms with E-state index in [9.17, 15) is 0 Å². The fourth-order valence-corrected chi connectivity index (χ4v) is 2.04. The number of rotatable bonds is 1.